The van der Waals surface area contributed by atoms with Gasteiger partial charge in [-0.05, 0) is 12.8 Å². The number of rotatable bonds is 7. The van der Waals surface area contributed by atoms with Gasteiger partial charge in [-0.1, -0.05) is 0 Å². The molecule has 0 aromatic carbocycles. The minimum absolute atomic E-state index is 0.0790. The number of unbranched alkanes of at least 4 members (excludes halogenated alkanes) is 1. The van der Waals surface area contributed by atoms with E-state index in [1.54, 1.807) is 0 Å². The molecule has 78 valence electrons. The number of nitrogens with two attached hydrogens (primary N) is 1. The summed E-state index contributed by atoms with van der Waals surface area (Å²) in [5, 5.41) is 10.8. The van der Waals surface area contributed by atoms with Crippen LogP contribution in [0, 0.1) is 11.3 Å². The van der Waals surface area contributed by atoms with Crippen molar-refractivity contribution < 1.29 is 9.59 Å². The quantitative estimate of drug-likeness (QED) is 0.565. The summed E-state index contributed by atoms with van der Waals surface area (Å²) in [6.45, 7) is 0.394. The van der Waals surface area contributed by atoms with Crippen LogP contribution in [0.4, 0.5) is 0 Å². The fraction of sp³-hybridized carbons (Fsp3) is 0.667. The molecule has 0 aliphatic rings. The summed E-state index contributed by atoms with van der Waals surface area (Å²) in [6, 6.07) is 1.93. The van der Waals surface area contributed by atoms with Gasteiger partial charge in [0.1, 0.15) is 0 Å². The molecular weight excluding hydrogens is 182 g/mol. The molecule has 0 fully saturated rings. The first-order valence-electron chi connectivity index (χ1n) is 4.58. The SMILES string of the molecule is N#CCCNC(=O)CCCCC(N)=O. The highest BCUT2D eigenvalue weighted by Crippen LogP contribution is 1.98. The van der Waals surface area contributed by atoms with Crippen molar-refractivity contribution in [3.8, 4) is 6.07 Å². The molecule has 0 saturated heterocycles. The van der Waals surface area contributed by atoms with Gasteiger partial charge in [0, 0.05) is 19.4 Å². The Balaban J connectivity index is 3.28. The summed E-state index contributed by atoms with van der Waals surface area (Å²) in [6.07, 6.45) is 2.33. The highest BCUT2D eigenvalue weighted by Gasteiger charge is 2.00. The van der Waals surface area contributed by atoms with Crippen LogP contribution in [0.15, 0.2) is 0 Å². The highest BCUT2D eigenvalue weighted by molar-refractivity contribution is 5.76. The maximum absolute atomic E-state index is 11.0. The molecule has 0 bridgehead atoms. The predicted octanol–water partition coefficient (Wildman–Crippen LogP) is 0.0620. The van der Waals surface area contributed by atoms with Crippen LogP contribution in [0.1, 0.15) is 32.1 Å². The Morgan fingerprint density at radius 1 is 1.29 bits per heavy atom. The van der Waals surface area contributed by atoms with Crippen LogP contribution in [0.3, 0.4) is 0 Å². The Labute approximate surface area is 83.3 Å². The van der Waals surface area contributed by atoms with E-state index in [0.29, 0.717) is 38.6 Å². The van der Waals surface area contributed by atoms with Gasteiger partial charge < -0.3 is 11.1 Å². The summed E-state index contributed by atoms with van der Waals surface area (Å²) in [5.41, 5.74) is 4.93. The first-order chi connectivity index (χ1) is 6.66. The van der Waals surface area contributed by atoms with E-state index in [2.05, 4.69) is 5.32 Å². The van der Waals surface area contributed by atoms with Crippen molar-refractivity contribution >= 4 is 11.8 Å². The molecule has 0 atom stereocenters. The van der Waals surface area contributed by atoms with Crippen LogP contribution in [-0.4, -0.2) is 18.4 Å². The summed E-state index contributed by atoms with van der Waals surface area (Å²) < 4.78 is 0. The van der Waals surface area contributed by atoms with Crippen molar-refractivity contribution in [2.45, 2.75) is 32.1 Å². The average Bonchev–Trinajstić information content (AvgIpc) is 2.13. The normalized spacial score (nSPS) is 9.07. The summed E-state index contributed by atoms with van der Waals surface area (Å²) in [4.78, 5) is 21.4. The number of nitriles is 1. The van der Waals surface area contributed by atoms with E-state index >= 15 is 0 Å². The Morgan fingerprint density at radius 3 is 2.50 bits per heavy atom. The maximum Gasteiger partial charge on any atom is 0.220 e. The van der Waals surface area contributed by atoms with Crippen molar-refractivity contribution in [1.82, 2.24) is 5.32 Å². The van der Waals surface area contributed by atoms with Gasteiger partial charge in [0.15, 0.2) is 0 Å². The number of nitrogens with zero attached hydrogens (tertiary/aromatic N) is 1. The van der Waals surface area contributed by atoms with E-state index in [4.69, 9.17) is 11.0 Å². The highest BCUT2D eigenvalue weighted by atomic mass is 16.1. The zero-order chi connectivity index (χ0) is 10.8. The number of carbonyl (C=O) groups is 2. The lowest BCUT2D eigenvalue weighted by Gasteiger charge is -2.01. The zero-order valence-corrected chi connectivity index (χ0v) is 8.08. The summed E-state index contributed by atoms with van der Waals surface area (Å²) in [7, 11) is 0. The van der Waals surface area contributed by atoms with Crippen LogP contribution in [0.2, 0.25) is 0 Å². The van der Waals surface area contributed by atoms with Crippen molar-refractivity contribution in [2.24, 2.45) is 5.73 Å². The molecule has 0 aromatic rings. The van der Waals surface area contributed by atoms with Gasteiger partial charge >= 0.3 is 0 Å². The van der Waals surface area contributed by atoms with Crippen molar-refractivity contribution in [3.63, 3.8) is 0 Å². The predicted molar refractivity (Wildman–Crippen MR) is 50.9 cm³/mol. The van der Waals surface area contributed by atoms with Crippen molar-refractivity contribution in [3.05, 3.63) is 0 Å². The second kappa shape index (κ2) is 8.05. The number of nitrogens with one attached hydrogen (secondary N) is 1. The van der Waals surface area contributed by atoms with Crippen molar-refractivity contribution in [1.29, 1.82) is 5.26 Å². The lowest BCUT2D eigenvalue weighted by molar-refractivity contribution is -0.122. The third-order valence-corrected chi connectivity index (χ3v) is 1.64. The molecular formula is C9H15N3O2. The fourth-order valence-electron chi connectivity index (χ4n) is 0.931. The Bertz CT molecular complexity index is 233. The molecule has 0 rings (SSSR count). The van der Waals surface area contributed by atoms with E-state index < -0.39 is 0 Å². The van der Waals surface area contributed by atoms with Gasteiger partial charge in [-0.15, -0.1) is 0 Å². The van der Waals surface area contributed by atoms with Crippen molar-refractivity contribution in [2.75, 3.05) is 6.54 Å². The second-order valence-corrected chi connectivity index (χ2v) is 2.93. The lowest BCUT2D eigenvalue weighted by atomic mass is 10.2. The molecule has 0 spiro atoms. The third-order valence-electron chi connectivity index (χ3n) is 1.64. The molecule has 0 saturated carbocycles. The van der Waals surface area contributed by atoms with Crippen LogP contribution in [-0.2, 0) is 9.59 Å². The van der Waals surface area contributed by atoms with Gasteiger partial charge in [-0.2, -0.15) is 5.26 Å². The van der Waals surface area contributed by atoms with E-state index in [-0.39, 0.29) is 11.8 Å². The van der Waals surface area contributed by atoms with Gasteiger partial charge in [0.25, 0.3) is 0 Å². The van der Waals surface area contributed by atoms with E-state index in [1.807, 2.05) is 6.07 Å². The fourth-order valence-corrected chi connectivity index (χ4v) is 0.931. The number of amides is 2. The Hall–Kier alpha value is -1.57. The molecule has 0 aromatic heterocycles. The molecule has 5 nitrogen and oxygen atoms in total. The number of primary amides is 1. The Kier molecular flexibility index (Phi) is 7.15. The van der Waals surface area contributed by atoms with Crippen LogP contribution in [0.5, 0.6) is 0 Å². The monoisotopic (exact) mass is 197 g/mol. The minimum Gasteiger partial charge on any atom is -0.370 e. The molecule has 0 aliphatic carbocycles. The first kappa shape index (κ1) is 12.4. The standard InChI is InChI=1S/C9H15N3O2/c10-6-3-7-12-9(14)5-2-1-4-8(11)13/h1-5,7H2,(H2,11,13)(H,12,14). The van der Waals surface area contributed by atoms with Crippen LogP contribution >= 0.6 is 0 Å². The molecule has 0 radical (unpaired) electrons. The molecule has 0 aliphatic heterocycles. The van der Waals surface area contributed by atoms with Crippen LogP contribution < -0.4 is 11.1 Å². The number of carbonyl (C=O) groups excluding carboxylic acids is 2. The summed E-state index contributed by atoms with van der Waals surface area (Å²) in [5.74, 6) is -0.417. The lowest BCUT2D eigenvalue weighted by Crippen LogP contribution is -2.23. The first-order valence-corrected chi connectivity index (χ1v) is 4.58. The molecule has 2 amide bonds. The molecule has 0 unspecified atom stereocenters. The van der Waals surface area contributed by atoms with Gasteiger partial charge in [-0.25, -0.2) is 0 Å². The van der Waals surface area contributed by atoms with E-state index in [9.17, 15) is 9.59 Å². The smallest absolute Gasteiger partial charge is 0.220 e. The largest absolute Gasteiger partial charge is 0.370 e. The topological polar surface area (TPSA) is 96.0 Å². The molecule has 3 N–H and O–H groups in total. The molecule has 0 heterocycles. The van der Waals surface area contributed by atoms with Gasteiger partial charge in [0.2, 0.25) is 11.8 Å². The van der Waals surface area contributed by atoms with Gasteiger partial charge in [0.05, 0.1) is 12.5 Å². The van der Waals surface area contributed by atoms with E-state index in [1.165, 1.54) is 0 Å². The molecule has 14 heavy (non-hydrogen) atoms. The number of hydrogen-bond donors (Lipinski definition) is 2. The Morgan fingerprint density at radius 2 is 1.93 bits per heavy atom. The number of hydrogen-bond acceptors (Lipinski definition) is 3. The minimum atomic E-state index is -0.338. The third kappa shape index (κ3) is 8.53. The summed E-state index contributed by atoms with van der Waals surface area (Å²) >= 11 is 0. The zero-order valence-electron chi connectivity index (χ0n) is 8.08. The van der Waals surface area contributed by atoms with E-state index in [0.717, 1.165) is 0 Å². The van der Waals surface area contributed by atoms with Crippen LogP contribution in [0.25, 0.3) is 0 Å². The second-order valence-electron chi connectivity index (χ2n) is 2.93. The molecule has 5 heteroatoms. The maximum atomic E-state index is 11.0. The van der Waals surface area contributed by atoms with Gasteiger partial charge in [-0.3, -0.25) is 9.59 Å². The average molecular weight is 197 g/mol.